The van der Waals surface area contributed by atoms with Gasteiger partial charge in [-0.2, -0.15) is 0 Å². The first-order valence-corrected chi connectivity index (χ1v) is 8.84. The molecular formula is C20H31N3O2. The van der Waals surface area contributed by atoms with Gasteiger partial charge in [0.15, 0.2) is 0 Å². The average molecular weight is 345 g/mol. The zero-order valence-electron chi connectivity index (χ0n) is 16.3. The van der Waals surface area contributed by atoms with Crippen LogP contribution in [0.4, 0.5) is 4.79 Å². The maximum atomic E-state index is 12.4. The predicted molar refractivity (Wildman–Crippen MR) is 103 cm³/mol. The molecule has 2 bridgehead atoms. The van der Waals surface area contributed by atoms with Crippen LogP contribution < -0.4 is 5.32 Å². The minimum atomic E-state index is -0.465. The molecule has 0 unspecified atom stereocenters. The first kappa shape index (κ1) is 19.3. The number of hydrogen-bond donors (Lipinski definition) is 1. The highest BCUT2D eigenvalue weighted by atomic mass is 16.6. The lowest BCUT2D eigenvalue weighted by Gasteiger charge is -2.38. The van der Waals surface area contributed by atoms with Crippen molar-refractivity contribution in [2.75, 3.05) is 13.6 Å². The fourth-order valence-electron chi connectivity index (χ4n) is 3.56. The summed E-state index contributed by atoms with van der Waals surface area (Å²) >= 11 is 0. The van der Waals surface area contributed by atoms with Gasteiger partial charge in [-0.15, -0.1) is 0 Å². The quantitative estimate of drug-likeness (QED) is 0.604. The second-order valence-electron chi connectivity index (χ2n) is 8.16. The third-order valence-corrected chi connectivity index (χ3v) is 4.75. The van der Waals surface area contributed by atoms with Gasteiger partial charge in [-0.1, -0.05) is 18.2 Å². The van der Waals surface area contributed by atoms with Crippen LogP contribution in [0.1, 0.15) is 47.5 Å². The van der Waals surface area contributed by atoms with Crippen molar-refractivity contribution in [3.63, 3.8) is 0 Å². The Morgan fingerprint density at radius 3 is 2.48 bits per heavy atom. The third kappa shape index (κ3) is 4.14. The standard InChI is InChI=1S/C20H31N3O2/c1-8-9-22-16(14(2)3)10-17(21-7)20-11-15(12-20)23(13-20)18(24)25-19(4,5)6/h8-10,15,21H,1,11-13H2,2-7H3/b17-10-,22-9?. The van der Waals surface area contributed by atoms with Gasteiger partial charge in [0.1, 0.15) is 5.60 Å². The maximum absolute atomic E-state index is 12.4. The first-order chi connectivity index (χ1) is 11.6. The number of rotatable bonds is 5. The Hall–Kier alpha value is -2.04. The van der Waals surface area contributed by atoms with Gasteiger partial charge in [0.2, 0.25) is 0 Å². The number of allylic oxidation sites excluding steroid dienone is 3. The number of nitrogens with zero attached hydrogens (tertiary/aromatic N) is 2. The molecule has 0 aromatic carbocycles. The highest BCUT2D eigenvalue weighted by Gasteiger charge is 2.59. The lowest BCUT2D eigenvalue weighted by molar-refractivity contribution is 0.0245. The fourth-order valence-corrected chi connectivity index (χ4v) is 3.56. The molecule has 0 radical (unpaired) electrons. The lowest BCUT2D eigenvalue weighted by Crippen LogP contribution is -2.41. The van der Waals surface area contributed by atoms with Gasteiger partial charge in [-0.25, -0.2) is 4.79 Å². The Morgan fingerprint density at radius 1 is 1.36 bits per heavy atom. The van der Waals surface area contributed by atoms with Gasteiger partial charge in [0.25, 0.3) is 0 Å². The van der Waals surface area contributed by atoms with E-state index in [2.05, 4.69) is 23.0 Å². The van der Waals surface area contributed by atoms with Crippen LogP contribution in [-0.2, 0) is 4.74 Å². The van der Waals surface area contributed by atoms with Crippen LogP contribution in [0.3, 0.4) is 0 Å². The number of amides is 1. The second kappa shape index (κ2) is 7.06. The topological polar surface area (TPSA) is 53.9 Å². The van der Waals surface area contributed by atoms with Crippen LogP contribution in [0.15, 0.2) is 40.7 Å². The molecule has 5 nitrogen and oxygen atoms in total. The Bertz CT molecular complexity index is 628. The molecule has 25 heavy (non-hydrogen) atoms. The molecule has 1 aliphatic carbocycles. The fraction of sp³-hybridized carbons (Fsp3) is 0.600. The van der Waals surface area contributed by atoms with E-state index in [-0.39, 0.29) is 17.6 Å². The minimum absolute atomic E-state index is 0.0132. The zero-order chi connectivity index (χ0) is 18.8. The molecule has 0 aromatic rings. The lowest BCUT2D eigenvalue weighted by atomic mass is 9.67. The molecule has 1 N–H and O–H groups in total. The molecule has 0 atom stereocenters. The SMILES string of the molecule is C=CC=NC(/C=C(\NC)C12CC(C1)N(C(=O)OC(C)(C)C)C2)=C(C)C. The van der Waals surface area contributed by atoms with E-state index in [1.807, 2.05) is 46.6 Å². The number of ether oxygens (including phenoxy) is 1. The van der Waals surface area contributed by atoms with E-state index in [1.54, 1.807) is 12.3 Å². The van der Waals surface area contributed by atoms with Gasteiger partial charge in [0.05, 0.1) is 5.70 Å². The predicted octanol–water partition coefficient (Wildman–Crippen LogP) is 4.04. The van der Waals surface area contributed by atoms with E-state index < -0.39 is 5.60 Å². The molecule has 2 heterocycles. The summed E-state index contributed by atoms with van der Waals surface area (Å²) in [7, 11) is 1.93. The summed E-state index contributed by atoms with van der Waals surface area (Å²) in [4.78, 5) is 18.8. The van der Waals surface area contributed by atoms with Gasteiger partial charge < -0.3 is 15.0 Å². The van der Waals surface area contributed by atoms with Gasteiger partial charge in [-0.05, 0) is 53.5 Å². The Kier molecular flexibility index (Phi) is 5.45. The highest BCUT2D eigenvalue weighted by Crippen LogP contribution is 2.55. The number of fused-ring (bicyclic) bond motifs is 1. The Morgan fingerprint density at radius 2 is 2.00 bits per heavy atom. The molecule has 0 aromatic heterocycles. The van der Waals surface area contributed by atoms with E-state index in [9.17, 15) is 4.79 Å². The van der Waals surface area contributed by atoms with Gasteiger partial charge in [0, 0.05) is 37.0 Å². The smallest absolute Gasteiger partial charge is 0.410 e. The number of aliphatic imine (C=N–C) groups is 1. The van der Waals surface area contributed by atoms with Crippen molar-refractivity contribution in [2.45, 2.75) is 59.1 Å². The Labute approximate surface area is 151 Å². The van der Waals surface area contributed by atoms with E-state index in [1.165, 1.54) is 0 Å². The van der Waals surface area contributed by atoms with Crippen LogP contribution in [-0.4, -0.2) is 42.4 Å². The van der Waals surface area contributed by atoms with Gasteiger partial charge in [-0.3, -0.25) is 4.99 Å². The van der Waals surface area contributed by atoms with Crippen molar-refractivity contribution in [3.8, 4) is 0 Å². The van der Waals surface area contributed by atoms with Crippen LogP contribution in [0, 0.1) is 5.41 Å². The zero-order valence-corrected chi connectivity index (χ0v) is 16.3. The number of nitrogens with one attached hydrogen (secondary N) is 1. The van der Waals surface area contributed by atoms with E-state index in [4.69, 9.17) is 4.74 Å². The largest absolute Gasteiger partial charge is 0.444 e. The molecular weight excluding hydrogens is 314 g/mol. The summed E-state index contributed by atoms with van der Waals surface area (Å²) in [6, 6.07) is 0.276. The third-order valence-electron chi connectivity index (χ3n) is 4.75. The summed E-state index contributed by atoms with van der Waals surface area (Å²) in [5.41, 5.74) is 2.72. The van der Waals surface area contributed by atoms with Crippen LogP contribution in [0.2, 0.25) is 0 Å². The first-order valence-electron chi connectivity index (χ1n) is 8.84. The number of hydrogen-bond acceptors (Lipinski definition) is 4. The molecule has 138 valence electrons. The van der Waals surface area contributed by atoms with Crippen molar-refractivity contribution in [1.82, 2.24) is 10.2 Å². The summed E-state index contributed by atoms with van der Waals surface area (Å²) in [6.07, 6.45) is 7.21. The average Bonchev–Trinajstić information content (AvgIpc) is 3.01. The molecule has 1 amide bonds. The van der Waals surface area contributed by atoms with E-state index in [0.29, 0.717) is 6.54 Å². The molecule has 2 aliphatic heterocycles. The van der Waals surface area contributed by atoms with Crippen LogP contribution >= 0.6 is 0 Å². The van der Waals surface area contributed by atoms with Gasteiger partial charge >= 0.3 is 6.09 Å². The van der Waals surface area contributed by atoms with Crippen LogP contribution in [0.25, 0.3) is 0 Å². The van der Waals surface area contributed by atoms with E-state index in [0.717, 1.165) is 29.8 Å². The summed E-state index contributed by atoms with van der Waals surface area (Å²) < 4.78 is 5.55. The second-order valence-corrected chi connectivity index (χ2v) is 8.16. The summed E-state index contributed by atoms with van der Waals surface area (Å²) in [6.45, 7) is 14.2. The highest BCUT2D eigenvalue weighted by molar-refractivity contribution is 5.72. The molecule has 0 spiro atoms. The Balaban J connectivity index is 2.20. The van der Waals surface area contributed by atoms with Crippen molar-refractivity contribution in [3.05, 3.63) is 35.7 Å². The normalized spacial score (nSPS) is 25.6. The van der Waals surface area contributed by atoms with E-state index >= 15 is 0 Å². The monoisotopic (exact) mass is 345 g/mol. The maximum Gasteiger partial charge on any atom is 0.410 e. The number of carbonyl (C=O) groups is 1. The van der Waals surface area contributed by atoms with Crippen molar-refractivity contribution >= 4 is 12.3 Å². The van der Waals surface area contributed by atoms with Crippen molar-refractivity contribution in [2.24, 2.45) is 10.4 Å². The molecule has 2 saturated heterocycles. The molecule has 3 rings (SSSR count). The van der Waals surface area contributed by atoms with Crippen molar-refractivity contribution in [1.29, 1.82) is 0 Å². The molecule has 1 saturated carbocycles. The summed E-state index contributed by atoms with van der Waals surface area (Å²) in [5, 5.41) is 3.34. The molecule has 3 aliphatic rings. The van der Waals surface area contributed by atoms with Crippen LogP contribution in [0.5, 0.6) is 0 Å². The number of carbonyl (C=O) groups excluding carboxylic acids is 1. The minimum Gasteiger partial charge on any atom is -0.444 e. The molecule has 3 fully saturated rings. The van der Waals surface area contributed by atoms with Crippen molar-refractivity contribution < 1.29 is 9.53 Å². The molecule has 5 heteroatoms. The summed E-state index contributed by atoms with van der Waals surface area (Å²) in [5.74, 6) is 0.